The Morgan fingerprint density at radius 3 is 2.43 bits per heavy atom. The van der Waals surface area contributed by atoms with Crippen LogP contribution < -0.4 is 5.32 Å². The maximum atomic E-state index is 12.4. The fourth-order valence-corrected chi connectivity index (χ4v) is 3.19. The predicted octanol–water partition coefficient (Wildman–Crippen LogP) is 4.02. The number of anilines is 1. The van der Waals surface area contributed by atoms with Crippen LogP contribution in [0.15, 0.2) is 54.6 Å². The Morgan fingerprint density at radius 1 is 1.04 bits per heavy atom. The molecule has 1 heterocycles. The maximum absolute atomic E-state index is 12.4. The van der Waals surface area contributed by atoms with Crippen LogP contribution in [-0.2, 0) is 4.79 Å². The summed E-state index contributed by atoms with van der Waals surface area (Å²) in [7, 11) is 2.15. The standard InChI is InChI=1S/C20H24N2O/c1-22-13-11-16(12-14-22)15-20(23)21-19-10-6-5-9-18(19)17-7-3-2-4-8-17/h2-10,16H,11-15H2,1H3,(H,21,23). The lowest BCUT2D eigenvalue weighted by Gasteiger charge is -2.28. The first-order valence-corrected chi connectivity index (χ1v) is 8.35. The summed E-state index contributed by atoms with van der Waals surface area (Å²) in [5.41, 5.74) is 3.10. The summed E-state index contributed by atoms with van der Waals surface area (Å²) in [5.74, 6) is 0.637. The van der Waals surface area contributed by atoms with Gasteiger partial charge in [-0.1, -0.05) is 48.5 Å². The molecule has 0 radical (unpaired) electrons. The molecular weight excluding hydrogens is 284 g/mol. The highest BCUT2D eigenvalue weighted by Crippen LogP contribution is 2.28. The van der Waals surface area contributed by atoms with E-state index in [2.05, 4.69) is 35.5 Å². The largest absolute Gasteiger partial charge is 0.326 e. The number of carbonyl (C=O) groups is 1. The first kappa shape index (κ1) is 15.8. The molecule has 23 heavy (non-hydrogen) atoms. The second-order valence-electron chi connectivity index (χ2n) is 6.41. The van der Waals surface area contributed by atoms with Crippen molar-refractivity contribution in [3.8, 4) is 11.1 Å². The SMILES string of the molecule is CN1CCC(CC(=O)Nc2ccccc2-c2ccccc2)CC1. The van der Waals surface area contributed by atoms with E-state index in [4.69, 9.17) is 0 Å². The second-order valence-corrected chi connectivity index (χ2v) is 6.41. The minimum atomic E-state index is 0.128. The van der Waals surface area contributed by atoms with Crippen LogP contribution in [0.2, 0.25) is 0 Å². The zero-order valence-electron chi connectivity index (χ0n) is 13.7. The van der Waals surface area contributed by atoms with Crippen LogP contribution in [0.3, 0.4) is 0 Å². The van der Waals surface area contributed by atoms with Gasteiger partial charge in [0.15, 0.2) is 0 Å². The minimum absolute atomic E-state index is 0.128. The zero-order valence-corrected chi connectivity index (χ0v) is 13.7. The highest BCUT2D eigenvalue weighted by Gasteiger charge is 2.20. The molecule has 120 valence electrons. The van der Waals surface area contributed by atoms with Crippen LogP contribution >= 0.6 is 0 Å². The van der Waals surface area contributed by atoms with Gasteiger partial charge in [-0.2, -0.15) is 0 Å². The van der Waals surface area contributed by atoms with Gasteiger partial charge in [0, 0.05) is 17.7 Å². The van der Waals surface area contributed by atoms with Crippen molar-refractivity contribution in [3.05, 3.63) is 54.6 Å². The Hall–Kier alpha value is -2.13. The summed E-state index contributed by atoms with van der Waals surface area (Å²) in [6.45, 7) is 2.19. The smallest absolute Gasteiger partial charge is 0.224 e. The number of piperidine rings is 1. The average molecular weight is 308 g/mol. The molecule has 1 aliphatic rings. The zero-order chi connectivity index (χ0) is 16.1. The third-order valence-electron chi connectivity index (χ3n) is 4.60. The van der Waals surface area contributed by atoms with Crippen LogP contribution in [-0.4, -0.2) is 30.9 Å². The first-order chi connectivity index (χ1) is 11.2. The van der Waals surface area contributed by atoms with Crippen molar-refractivity contribution in [1.82, 2.24) is 4.90 Å². The van der Waals surface area contributed by atoms with Crippen molar-refractivity contribution in [2.24, 2.45) is 5.92 Å². The molecule has 0 aromatic heterocycles. The van der Waals surface area contributed by atoms with Crippen molar-refractivity contribution in [2.75, 3.05) is 25.5 Å². The van der Waals surface area contributed by atoms with Gasteiger partial charge in [-0.15, -0.1) is 0 Å². The summed E-state index contributed by atoms with van der Waals surface area (Å²) in [6.07, 6.45) is 2.85. The summed E-state index contributed by atoms with van der Waals surface area (Å²) in [6, 6.07) is 18.2. The van der Waals surface area contributed by atoms with E-state index in [0.29, 0.717) is 12.3 Å². The Kier molecular flexibility index (Phi) is 5.09. The molecule has 1 fully saturated rings. The van der Waals surface area contributed by atoms with Gasteiger partial charge in [0.1, 0.15) is 0 Å². The van der Waals surface area contributed by atoms with Crippen LogP contribution in [0.25, 0.3) is 11.1 Å². The molecule has 3 nitrogen and oxygen atoms in total. The molecular formula is C20H24N2O. The highest BCUT2D eigenvalue weighted by atomic mass is 16.1. The van der Waals surface area contributed by atoms with E-state index in [-0.39, 0.29) is 5.91 Å². The lowest BCUT2D eigenvalue weighted by molar-refractivity contribution is -0.117. The summed E-state index contributed by atoms with van der Waals surface area (Å²) in [5, 5.41) is 3.11. The fraction of sp³-hybridized carbons (Fsp3) is 0.350. The molecule has 0 saturated carbocycles. The number of rotatable bonds is 4. The van der Waals surface area contributed by atoms with Crippen molar-refractivity contribution in [2.45, 2.75) is 19.3 Å². The maximum Gasteiger partial charge on any atom is 0.224 e. The number of hydrogen-bond donors (Lipinski definition) is 1. The summed E-state index contributed by atoms with van der Waals surface area (Å²) < 4.78 is 0. The fourth-order valence-electron chi connectivity index (χ4n) is 3.19. The van der Waals surface area contributed by atoms with E-state index in [0.717, 1.165) is 42.7 Å². The van der Waals surface area contributed by atoms with E-state index < -0.39 is 0 Å². The quantitative estimate of drug-likeness (QED) is 0.925. The van der Waals surface area contributed by atoms with Gasteiger partial charge in [-0.3, -0.25) is 4.79 Å². The van der Waals surface area contributed by atoms with Gasteiger partial charge < -0.3 is 10.2 Å². The van der Waals surface area contributed by atoms with E-state index in [1.54, 1.807) is 0 Å². The number of likely N-dealkylation sites (tertiary alicyclic amines) is 1. The molecule has 0 atom stereocenters. The highest BCUT2D eigenvalue weighted by molar-refractivity contribution is 5.95. The number of nitrogens with zero attached hydrogens (tertiary/aromatic N) is 1. The molecule has 1 saturated heterocycles. The molecule has 0 unspecified atom stereocenters. The van der Waals surface area contributed by atoms with E-state index in [1.807, 2.05) is 36.4 Å². The van der Waals surface area contributed by atoms with E-state index in [1.165, 1.54) is 0 Å². The first-order valence-electron chi connectivity index (χ1n) is 8.35. The molecule has 3 heteroatoms. The topological polar surface area (TPSA) is 32.3 Å². The Labute approximate surface area is 138 Å². The predicted molar refractivity (Wildman–Crippen MR) is 95.3 cm³/mol. The van der Waals surface area contributed by atoms with Crippen LogP contribution in [0.4, 0.5) is 5.69 Å². The minimum Gasteiger partial charge on any atom is -0.326 e. The summed E-state index contributed by atoms with van der Waals surface area (Å²) >= 11 is 0. The molecule has 1 N–H and O–H groups in total. The summed E-state index contributed by atoms with van der Waals surface area (Å²) in [4.78, 5) is 14.8. The van der Waals surface area contributed by atoms with Crippen LogP contribution in [0, 0.1) is 5.92 Å². The average Bonchev–Trinajstić information content (AvgIpc) is 2.58. The Balaban J connectivity index is 1.67. The molecule has 2 aromatic carbocycles. The monoisotopic (exact) mass is 308 g/mol. The van der Waals surface area contributed by atoms with Gasteiger partial charge in [0.25, 0.3) is 0 Å². The number of nitrogens with one attached hydrogen (secondary N) is 1. The van der Waals surface area contributed by atoms with Gasteiger partial charge in [-0.05, 0) is 50.5 Å². The third kappa shape index (κ3) is 4.20. The third-order valence-corrected chi connectivity index (χ3v) is 4.60. The van der Waals surface area contributed by atoms with Crippen molar-refractivity contribution in [3.63, 3.8) is 0 Å². The molecule has 3 rings (SSSR count). The van der Waals surface area contributed by atoms with Crippen molar-refractivity contribution < 1.29 is 4.79 Å². The Morgan fingerprint density at radius 2 is 1.70 bits per heavy atom. The van der Waals surface area contributed by atoms with Crippen molar-refractivity contribution in [1.29, 1.82) is 0 Å². The van der Waals surface area contributed by atoms with Gasteiger partial charge in [0.05, 0.1) is 0 Å². The van der Waals surface area contributed by atoms with Crippen LogP contribution in [0.5, 0.6) is 0 Å². The lowest BCUT2D eigenvalue weighted by atomic mass is 9.93. The number of benzene rings is 2. The van der Waals surface area contributed by atoms with Crippen molar-refractivity contribution >= 4 is 11.6 Å². The molecule has 0 bridgehead atoms. The molecule has 0 aliphatic carbocycles. The van der Waals surface area contributed by atoms with Gasteiger partial charge in [-0.25, -0.2) is 0 Å². The lowest BCUT2D eigenvalue weighted by Crippen LogP contribution is -2.31. The number of para-hydroxylation sites is 1. The second kappa shape index (κ2) is 7.42. The normalized spacial score (nSPS) is 16.2. The Bertz CT molecular complexity index is 646. The molecule has 1 aliphatic heterocycles. The van der Waals surface area contributed by atoms with Crippen LogP contribution in [0.1, 0.15) is 19.3 Å². The van der Waals surface area contributed by atoms with Gasteiger partial charge in [0.2, 0.25) is 5.91 Å². The van der Waals surface area contributed by atoms with Gasteiger partial charge >= 0.3 is 0 Å². The molecule has 1 amide bonds. The number of hydrogen-bond acceptors (Lipinski definition) is 2. The van der Waals surface area contributed by atoms with E-state index in [9.17, 15) is 4.79 Å². The number of carbonyl (C=O) groups excluding carboxylic acids is 1. The van der Waals surface area contributed by atoms with E-state index >= 15 is 0 Å². The molecule has 2 aromatic rings. The molecule has 0 spiro atoms. The number of amides is 1.